The molecule has 0 radical (unpaired) electrons. The predicted molar refractivity (Wildman–Crippen MR) is 177 cm³/mol. The van der Waals surface area contributed by atoms with Crippen LogP contribution in [0.3, 0.4) is 0 Å². The van der Waals surface area contributed by atoms with Gasteiger partial charge in [0.25, 0.3) is 5.91 Å². The van der Waals surface area contributed by atoms with Crippen molar-refractivity contribution < 1.29 is 37.4 Å². The van der Waals surface area contributed by atoms with E-state index in [-0.39, 0.29) is 34.2 Å². The van der Waals surface area contributed by atoms with Gasteiger partial charge in [-0.2, -0.15) is 19.0 Å². The van der Waals surface area contributed by atoms with Gasteiger partial charge in [0.1, 0.15) is 18.8 Å². The van der Waals surface area contributed by atoms with Crippen molar-refractivity contribution in [1.29, 1.82) is 0 Å². The fraction of sp³-hybridized carbons (Fsp3) is 0.364. The zero-order valence-corrected chi connectivity index (χ0v) is 28.3. The minimum Gasteiger partial charge on any atom is -0.465 e. The van der Waals surface area contributed by atoms with Gasteiger partial charge in [-0.3, -0.25) is 20.1 Å². The molecule has 4 aromatic rings. The Morgan fingerprint density at radius 2 is 1.94 bits per heavy atom. The van der Waals surface area contributed by atoms with Crippen LogP contribution in [0, 0.1) is 11.2 Å². The summed E-state index contributed by atoms with van der Waals surface area (Å²) in [7, 11) is 0. The largest absolute Gasteiger partial charge is 0.465 e. The van der Waals surface area contributed by atoms with Crippen molar-refractivity contribution in [2.75, 3.05) is 6.61 Å². The molecule has 0 spiro atoms. The van der Waals surface area contributed by atoms with Gasteiger partial charge in [0, 0.05) is 28.9 Å². The van der Waals surface area contributed by atoms with Crippen LogP contribution in [0.2, 0.25) is 5.02 Å². The first-order valence-corrected chi connectivity index (χ1v) is 16.2. The number of guanidine groups is 1. The number of carboxylic acid groups (broad SMARTS) is 1. The molecule has 2 aliphatic rings. The van der Waals surface area contributed by atoms with Crippen molar-refractivity contribution >= 4 is 35.7 Å². The lowest BCUT2D eigenvalue weighted by molar-refractivity contribution is -0.135. The van der Waals surface area contributed by atoms with Crippen molar-refractivity contribution in [2.24, 2.45) is 10.4 Å². The van der Waals surface area contributed by atoms with E-state index in [2.05, 4.69) is 35.9 Å². The highest BCUT2D eigenvalue weighted by Crippen LogP contribution is 2.46. The van der Waals surface area contributed by atoms with Crippen molar-refractivity contribution in [1.82, 2.24) is 40.5 Å². The first kappa shape index (κ1) is 35.4. The van der Waals surface area contributed by atoms with Gasteiger partial charge in [0.05, 0.1) is 17.3 Å². The number of nitrogens with zero attached hydrogens (tertiary/aromatic N) is 6. The molecule has 3 heterocycles. The van der Waals surface area contributed by atoms with Crippen molar-refractivity contribution in [2.45, 2.75) is 64.2 Å². The number of nitrogens with one attached hydrogen (secondary N) is 3. The minimum atomic E-state index is -2.90. The molecule has 2 atom stereocenters. The quantitative estimate of drug-likeness (QED) is 0.148. The summed E-state index contributed by atoms with van der Waals surface area (Å²) in [6.45, 7) is 2.05. The molecule has 51 heavy (non-hydrogen) atoms. The smallest absolute Gasteiger partial charge is 0.411 e. The highest BCUT2D eigenvalue weighted by Gasteiger charge is 2.55. The van der Waals surface area contributed by atoms with Gasteiger partial charge in [0.15, 0.2) is 11.4 Å². The van der Waals surface area contributed by atoms with E-state index < -0.39 is 60.0 Å². The maximum Gasteiger partial charge on any atom is 0.411 e. The second-order valence-electron chi connectivity index (χ2n) is 13.4. The Morgan fingerprint density at radius 1 is 1.18 bits per heavy atom. The number of hydrogen-bond acceptors (Lipinski definition) is 8. The molecule has 0 saturated heterocycles. The van der Waals surface area contributed by atoms with Gasteiger partial charge in [0.2, 0.25) is 5.96 Å². The molecule has 1 aliphatic heterocycles. The summed E-state index contributed by atoms with van der Waals surface area (Å²) in [4.78, 5) is 49.7. The molecular formula is C33H33ClF3N9O5. The fourth-order valence-electron chi connectivity index (χ4n) is 6.01. The van der Waals surface area contributed by atoms with E-state index in [0.717, 1.165) is 36.2 Å². The zero-order valence-electron chi connectivity index (χ0n) is 27.5. The monoisotopic (exact) mass is 727 g/mol. The standard InChI is InChI=1S/C33H33ClF3N9O5/c1-32(2,3)15-33(22-8-4-17(11-24(22)35)19-12-40-45(13-19)28(36)37)27(47)46(29(43-33)42-30(48)49)25(14-51-31(50)41-20-6-7-20)18-5-9-23(34)21(10-18)26-38-16-39-44-26/h4-5,8-13,16,20,25,28H,6-7,14-15H2,1-3H3,(H,41,50)(H,42,43)(H,48,49)(H,38,39,44)/t25?,33-/m1/s1. The summed E-state index contributed by atoms with van der Waals surface area (Å²) in [5.41, 5.74) is -1.77. The molecule has 1 fully saturated rings. The normalized spacial score (nSPS) is 18.2. The number of aromatic nitrogens is 5. The van der Waals surface area contributed by atoms with Crippen LogP contribution in [0.15, 0.2) is 60.1 Å². The van der Waals surface area contributed by atoms with Gasteiger partial charge < -0.3 is 15.2 Å². The number of alkyl carbamates (subject to hydrolysis) is 1. The second-order valence-corrected chi connectivity index (χ2v) is 13.8. The van der Waals surface area contributed by atoms with Crippen molar-refractivity contribution in [3.63, 3.8) is 0 Å². The Hall–Kier alpha value is -5.45. The molecular weight excluding hydrogens is 695 g/mol. The molecule has 4 N–H and O–H groups in total. The van der Waals surface area contributed by atoms with E-state index in [9.17, 15) is 23.5 Å². The Kier molecular flexibility index (Phi) is 9.50. The number of ether oxygens (including phenoxy) is 1. The number of alkyl halides is 2. The molecule has 1 saturated carbocycles. The number of carbonyl (C=O) groups excluding carboxylic acids is 2. The summed E-state index contributed by atoms with van der Waals surface area (Å²) < 4.78 is 48.8. The Morgan fingerprint density at radius 3 is 2.55 bits per heavy atom. The highest BCUT2D eigenvalue weighted by molar-refractivity contribution is 6.33. The van der Waals surface area contributed by atoms with E-state index in [1.54, 1.807) is 32.9 Å². The number of carbonyl (C=O) groups is 3. The van der Waals surface area contributed by atoms with E-state index in [1.165, 1.54) is 24.5 Å². The highest BCUT2D eigenvalue weighted by atomic mass is 35.5. The van der Waals surface area contributed by atoms with Crippen molar-refractivity contribution in [3.8, 4) is 22.5 Å². The summed E-state index contributed by atoms with van der Waals surface area (Å²) in [6, 6.07) is 7.27. The molecule has 3 amide bonds. The van der Waals surface area contributed by atoms with Gasteiger partial charge in [-0.15, -0.1) is 0 Å². The topological polar surface area (TPSA) is 180 Å². The predicted octanol–water partition coefficient (Wildman–Crippen LogP) is 6.25. The Labute approximate surface area is 294 Å². The van der Waals surface area contributed by atoms with E-state index in [4.69, 9.17) is 16.3 Å². The van der Waals surface area contributed by atoms with Crippen molar-refractivity contribution in [3.05, 3.63) is 77.1 Å². The minimum absolute atomic E-state index is 0.0427. The van der Waals surface area contributed by atoms with Crippen LogP contribution < -0.4 is 10.6 Å². The van der Waals surface area contributed by atoms with Crippen LogP contribution in [0.5, 0.6) is 0 Å². The van der Waals surface area contributed by atoms with Crippen LogP contribution in [-0.4, -0.2) is 71.7 Å². The van der Waals surface area contributed by atoms with E-state index in [1.807, 2.05) is 0 Å². The van der Waals surface area contributed by atoms with E-state index in [0.29, 0.717) is 21.6 Å². The number of rotatable bonds is 10. The SMILES string of the molecule is CC(C)(C)C[C@]1(c2ccc(-c3cnn(C(F)F)c3)cc2F)N=C(NC(=O)O)N(C(COC(=O)NC2CC2)c2ccc(Cl)c(-c3ncn[nH]3)c2)C1=O. The van der Waals surface area contributed by atoms with Crippen LogP contribution in [0.25, 0.3) is 22.5 Å². The third-order valence-electron chi connectivity index (χ3n) is 8.28. The molecule has 6 rings (SSSR count). The molecule has 268 valence electrons. The lowest BCUT2D eigenvalue weighted by atomic mass is 9.75. The molecule has 18 heteroatoms. The number of halogens is 4. The summed E-state index contributed by atoms with van der Waals surface area (Å²) in [6.07, 6.45) is 2.66. The number of aromatic amines is 1. The molecule has 1 aliphatic carbocycles. The maximum atomic E-state index is 16.4. The first-order chi connectivity index (χ1) is 24.1. The zero-order chi connectivity index (χ0) is 36.7. The summed E-state index contributed by atoms with van der Waals surface area (Å²) in [5, 5.41) is 25.3. The molecule has 0 bridgehead atoms. The fourth-order valence-corrected chi connectivity index (χ4v) is 6.21. The Balaban J connectivity index is 1.47. The average molecular weight is 728 g/mol. The van der Waals surface area contributed by atoms with Crippen LogP contribution in [0.1, 0.15) is 63.8 Å². The molecule has 1 unspecified atom stereocenters. The number of hydrogen-bond donors (Lipinski definition) is 4. The lowest BCUT2D eigenvalue weighted by Gasteiger charge is -2.35. The Bertz CT molecular complexity index is 2000. The number of benzene rings is 2. The van der Waals surface area contributed by atoms with Gasteiger partial charge >= 0.3 is 18.7 Å². The lowest BCUT2D eigenvalue weighted by Crippen LogP contribution is -2.49. The van der Waals surface area contributed by atoms with Crippen LogP contribution in [-0.2, 0) is 15.1 Å². The number of aliphatic imine (C=N–C) groups is 1. The molecule has 14 nitrogen and oxygen atoms in total. The molecule has 2 aromatic carbocycles. The maximum absolute atomic E-state index is 16.4. The number of amides is 3. The van der Waals surface area contributed by atoms with E-state index >= 15 is 9.18 Å². The van der Waals surface area contributed by atoms with Gasteiger partial charge in [-0.1, -0.05) is 50.6 Å². The second kappa shape index (κ2) is 13.7. The third-order valence-corrected chi connectivity index (χ3v) is 8.61. The average Bonchev–Trinajstić information content (AvgIpc) is 3.40. The molecule has 2 aromatic heterocycles. The van der Waals surface area contributed by atoms with Crippen LogP contribution in [0.4, 0.5) is 22.8 Å². The first-order valence-electron chi connectivity index (χ1n) is 15.8. The number of H-pyrrole nitrogens is 1. The van der Waals surface area contributed by atoms with Gasteiger partial charge in [-0.25, -0.2) is 28.6 Å². The van der Waals surface area contributed by atoms with Gasteiger partial charge in [-0.05, 0) is 54.0 Å². The summed E-state index contributed by atoms with van der Waals surface area (Å²) >= 11 is 6.50. The summed E-state index contributed by atoms with van der Waals surface area (Å²) in [5.74, 6) is -1.86. The van der Waals surface area contributed by atoms with Crippen LogP contribution >= 0.6 is 11.6 Å². The third kappa shape index (κ3) is 7.52.